The van der Waals surface area contributed by atoms with E-state index in [-0.39, 0.29) is 18.3 Å². The molecule has 0 saturated carbocycles. The number of rotatable bonds is 1. The molecule has 5 atom stereocenters. The van der Waals surface area contributed by atoms with Crippen molar-refractivity contribution in [2.24, 2.45) is 0 Å². The maximum atomic E-state index is 9.87. The van der Waals surface area contributed by atoms with Crippen molar-refractivity contribution >= 4 is 0 Å². The van der Waals surface area contributed by atoms with Crippen LogP contribution < -0.4 is 0 Å². The Morgan fingerprint density at radius 2 is 1.56 bits per heavy atom. The molecule has 0 aliphatic carbocycles. The molecule has 3 heterocycles. The standard InChI is InChI=1S/C12H20O6/c1-11(2)14-5-6(16-11)7-8-9(10(13)15-7)18-12(3,4)17-8/h6-10,13H,5H2,1-4H3/t6-,7+,8+,9+,10+/m1/s1. The molecule has 3 aliphatic heterocycles. The van der Waals surface area contributed by atoms with E-state index in [2.05, 4.69) is 0 Å². The molecule has 0 aromatic carbocycles. The maximum Gasteiger partial charge on any atom is 0.184 e. The lowest BCUT2D eigenvalue weighted by molar-refractivity contribution is -0.236. The minimum absolute atomic E-state index is 0.248. The van der Waals surface area contributed by atoms with E-state index in [0.717, 1.165) is 0 Å². The molecule has 18 heavy (non-hydrogen) atoms. The van der Waals surface area contributed by atoms with Crippen molar-refractivity contribution in [1.29, 1.82) is 0 Å². The Balaban J connectivity index is 1.75. The summed E-state index contributed by atoms with van der Waals surface area (Å²) in [5.74, 6) is -1.32. The summed E-state index contributed by atoms with van der Waals surface area (Å²) in [6.07, 6.45) is -2.38. The predicted octanol–water partition coefficient (Wildman–Crippen LogP) is 0.375. The Morgan fingerprint density at radius 1 is 0.889 bits per heavy atom. The molecule has 0 aromatic rings. The van der Waals surface area contributed by atoms with Crippen molar-refractivity contribution in [2.75, 3.05) is 6.61 Å². The van der Waals surface area contributed by atoms with E-state index in [0.29, 0.717) is 6.61 Å². The molecule has 1 N–H and O–H groups in total. The van der Waals surface area contributed by atoms with Crippen molar-refractivity contribution in [1.82, 2.24) is 0 Å². The lowest BCUT2D eigenvalue weighted by Gasteiger charge is -2.26. The second kappa shape index (κ2) is 3.88. The van der Waals surface area contributed by atoms with Gasteiger partial charge in [0.2, 0.25) is 0 Å². The predicted molar refractivity (Wildman–Crippen MR) is 59.6 cm³/mol. The fraction of sp³-hybridized carbons (Fsp3) is 1.00. The summed E-state index contributed by atoms with van der Waals surface area (Å²) in [4.78, 5) is 0. The molecule has 6 nitrogen and oxygen atoms in total. The van der Waals surface area contributed by atoms with Gasteiger partial charge in [-0.2, -0.15) is 0 Å². The van der Waals surface area contributed by atoms with Crippen molar-refractivity contribution in [3.8, 4) is 0 Å². The Bertz CT molecular complexity index is 341. The van der Waals surface area contributed by atoms with E-state index < -0.39 is 24.0 Å². The quantitative estimate of drug-likeness (QED) is 0.735. The van der Waals surface area contributed by atoms with Gasteiger partial charge in [0.1, 0.15) is 24.4 Å². The van der Waals surface area contributed by atoms with Crippen molar-refractivity contribution in [3.63, 3.8) is 0 Å². The molecule has 6 heteroatoms. The summed E-state index contributed by atoms with van der Waals surface area (Å²) in [6, 6.07) is 0. The summed E-state index contributed by atoms with van der Waals surface area (Å²) in [6.45, 7) is 7.78. The molecule has 3 aliphatic rings. The number of aliphatic hydroxyl groups is 1. The van der Waals surface area contributed by atoms with E-state index in [1.54, 1.807) is 0 Å². The molecule has 0 radical (unpaired) electrons. The fourth-order valence-corrected chi connectivity index (χ4v) is 2.78. The molecular weight excluding hydrogens is 240 g/mol. The Hall–Kier alpha value is -0.240. The van der Waals surface area contributed by atoms with Crippen LogP contribution in [-0.2, 0) is 23.7 Å². The van der Waals surface area contributed by atoms with E-state index in [1.165, 1.54) is 0 Å². The van der Waals surface area contributed by atoms with E-state index in [4.69, 9.17) is 23.7 Å². The van der Waals surface area contributed by atoms with Crippen LogP contribution in [0.2, 0.25) is 0 Å². The van der Waals surface area contributed by atoms with Gasteiger partial charge in [-0.1, -0.05) is 0 Å². The monoisotopic (exact) mass is 260 g/mol. The van der Waals surface area contributed by atoms with Crippen LogP contribution in [0, 0.1) is 0 Å². The first-order valence-corrected chi connectivity index (χ1v) is 6.28. The van der Waals surface area contributed by atoms with Gasteiger partial charge in [-0.3, -0.25) is 0 Å². The zero-order valence-electron chi connectivity index (χ0n) is 11.1. The number of fused-ring (bicyclic) bond motifs is 1. The topological polar surface area (TPSA) is 66.4 Å². The van der Waals surface area contributed by atoms with Gasteiger partial charge in [-0.15, -0.1) is 0 Å². The molecule has 0 amide bonds. The lowest BCUT2D eigenvalue weighted by Crippen LogP contribution is -2.40. The summed E-state index contributed by atoms with van der Waals surface area (Å²) in [5, 5.41) is 9.87. The van der Waals surface area contributed by atoms with Crippen LogP contribution in [0.1, 0.15) is 27.7 Å². The number of aliphatic hydroxyl groups excluding tert-OH is 1. The third kappa shape index (κ3) is 2.07. The van der Waals surface area contributed by atoms with Crippen LogP contribution in [0.3, 0.4) is 0 Å². The fourth-order valence-electron chi connectivity index (χ4n) is 2.78. The first-order valence-electron chi connectivity index (χ1n) is 6.28. The van der Waals surface area contributed by atoms with Crippen molar-refractivity contribution < 1.29 is 28.8 Å². The minimum Gasteiger partial charge on any atom is -0.366 e. The van der Waals surface area contributed by atoms with Gasteiger partial charge >= 0.3 is 0 Å². The van der Waals surface area contributed by atoms with E-state index in [1.807, 2.05) is 27.7 Å². The van der Waals surface area contributed by atoms with E-state index >= 15 is 0 Å². The van der Waals surface area contributed by atoms with Crippen LogP contribution in [0.15, 0.2) is 0 Å². The Morgan fingerprint density at radius 3 is 2.17 bits per heavy atom. The number of ether oxygens (including phenoxy) is 5. The summed E-state index contributed by atoms with van der Waals surface area (Å²) >= 11 is 0. The molecule has 3 fully saturated rings. The highest BCUT2D eigenvalue weighted by Crippen LogP contribution is 2.41. The second-order valence-corrected chi connectivity index (χ2v) is 5.92. The highest BCUT2D eigenvalue weighted by atomic mass is 16.8. The first kappa shape index (κ1) is 12.8. The van der Waals surface area contributed by atoms with Crippen molar-refractivity contribution in [3.05, 3.63) is 0 Å². The van der Waals surface area contributed by atoms with Crippen molar-refractivity contribution in [2.45, 2.75) is 70.0 Å². The molecule has 3 rings (SSSR count). The highest BCUT2D eigenvalue weighted by Gasteiger charge is 2.58. The normalized spacial score (nSPS) is 49.5. The number of hydrogen-bond acceptors (Lipinski definition) is 6. The van der Waals surface area contributed by atoms with Crippen LogP contribution in [0.5, 0.6) is 0 Å². The van der Waals surface area contributed by atoms with Gasteiger partial charge in [-0.05, 0) is 27.7 Å². The van der Waals surface area contributed by atoms with Gasteiger partial charge in [0.15, 0.2) is 17.9 Å². The Kier molecular flexibility index (Phi) is 2.75. The molecule has 0 unspecified atom stereocenters. The second-order valence-electron chi connectivity index (χ2n) is 5.92. The molecular formula is C12H20O6. The zero-order valence-corrected chi connectivity index (χ0v) is 11.1. The lowest BCUT2D eigenvalue weighted by atomic mass is 10.1. The third-order valence-electron chi connectivity index (χ3n) is 3.46. The smallest absolute Gasteiger partial charge is 0.184 e. The molecule has 0 spiro atoms. The van der Waals surface area contributed by atoms with Crippen LogP contribution in [-0.4, -0.2) is 54.0 Å². The average Bonchev–Trinajstić information content (AvgIpc) is 2.81. The Labute approximate surface area is 106 Å². The zero-order chi connectivity index (χ0) is 13.1. The van der Waals surface area contributed by atoms with Crippen LogP contribution >= 0.6 is 0 Å². The van der Waals surface area contributed by atoms with Gasteiger partial charge < -0.3 is 28.8 Å². The van der Waals surface area contributed by atoms with Gasteiger partial charge in [0.05, 0.1) is 6.61 Å². The van der Waals surface area contributed by atoms with Gasteiger partial charge in [0, 0.05) is 0 Å². The van der Waals surface area contributed by atoms with Crippen LogP contribution in [0.4, 0.5) is 0 Å². The summed E-state index contributed by atoms with van der Waals surface area (Å²) < 4.78 is 28.2. The summed E-state index contributed by atoms with van der Waals surface area (Å²) in [5.41, 5.74) is 0. The molecule has 104 valence electrons. The average molecular weight is 260 g/mol. The molecule has 0 aromatic heterocycles. The SMILES string of the molecule is CC1(C)O[C@H]2[C@H]([C@H]3COC(C)(C)O3)O[C@H](O)[C@H]2O1. The van der Waals surface area contributed by atoms with Crippen LogP contribution in [0.25, 0.3) is 0 Å². The maximum absolute atomic E-state index is 9.87. The first-order chi connectivity index (χ1) is 8.27. The minimum atomic E-state index is -0.978. The van der Waals surface area contributed by atoms with Gasteiger partial charge in [-0.25, -0.2) is 0 Å². The largest absolute Gasteiger partial charge is 0.366 e. The van der Waals surface area contributed by atoms with E-state index in [9.17, 15) is 5.11 Å². The van der Waals surface area contributed by atoms with Gasteiger partial charge in [0.25, 0.3) is 0 Å². The number of hydrogen-bond donors (Lipinski definition) is 1. The molecule has 0 bridgehead atoms. The highest BCUT2D eigenvalue weighted by molar-refractivity contribution is 4.99. The third-order valence-corrected chi connectivity index (χ3v) is 3.46. The summed E-state index contributed by atoms with van der Waals surface area (Å²) in [7, 11) is 0. The molecule has 3 saturated heterocycles.